The van der Waals surface area contributed by atoms with E-state index in [-0.39, 0.29) is 44.4 Å². The van der Waals surface area contributed by atoms with E-state index in [2.05, 4.69) is 17.7 Å². The molecule has 0 bridgehead atoms. The van der Waals surface area contributed by atoms with Crippen LogP contribution in [0.2, 0.25) is 0 Å². The summed E-state index contributed by atoms with van der Waals surface area (Å²) in [6.45, 7) is 2.14. The Bertz CT molecular complexity index is 705. The predicted molar refractivity (Wildman–Crippen MR) is 86.5 cm³/mol. The predicted octanol–water partition coefficient (Wildman–Crippen LogP) is 6.18. The van der Waals surface area contributed by atoms with Gasteiger partial charge in [0.1, 0.15) is 17.2 Å². The van der Waals surface area contributed by atoms with E-state index >= 15 is 0 Å². The summed E-state index contributed by atoms with van der Waals surface area (Å²) >= 11 is 0. The van der Waals surface area contributed by atoms with Crippen LogP contribution in [0.4, 0.5) is 17.6 Å². The molecule has 0 heterocycles. The third kappa shape index (κ3) is 4.86. The van der Waals surface area contributed by atoms with Crippen molar-refractivity contribution in [1.29, 1.82) is 0 Å². The minimum Gasteiger partial charge on any atom is -0.455 e. The second-order valence-corrected chi connectivity index (χ2v) is 6.67. The van der Waals surface area contributed by atoms with Gasteiger partial charge in [-0.3, -0.25) is 0 Å². The van der Waals surface area contributed by atoms with E-state index in [1.807, 2.05) is 0 Å². The first-order chi connectivity index (χ1) is 11.9. The monoisotopic (exact) mass is 440 g/mol. The van der Waals surface area contributed by atoms with Crippen molar-refractivity contribution in [1.82, 2.24) is 0 Å². The van der Waals surface area contributed by atoms with Gasteiger partial charge in [0.15, 0.2) is 0 Å². The van der Waals surface area contributed by atoms with Crippen LogP contribution in [-0.2, 0) is 38.8 Å². The average Bonchev–Trinajstić information content (AvgIpc) is 2.55. The fraction of sp³-hybridized carbons (Fsp3) is 0.400. The summed E-state index contributed by atoms with van der Waals surface area (Å²) in [5, 5.41) is 0. The molecule has 0 aromatic heterocycles. The summed E-state index contributed by atoms with van der Waals surface area (Å²) in [7, 11) is 0. The zero-order valence-electron chi connectivity index (χ0n) is 14.4. The van der Waals surface area contributed by atoms with Crippen molar-refractivity contribution < 1.29 is 55.0 Å². The maximum Gasteiger partial charge on any atom is 3.00 e. The van der Waals surface area contributed by atoms with Gasteiger partial charge in [0.25, 0.3) is 0 Å². The topological polar surface area (TPSA) is 9.23 Å². The number of hydrogen-bond acceptors (Lipinski definition) is 1. The van der Waals surface area contributed by atoms with Crippen LogP contribution in [0.1, 0.15) is 49.7 Å². The number of alkyl halides is 2. The molecule has 3 rings (SSSR count). The van der Waals surface area contributed by atoms with Gasteiger partial charge in [0, 0.05) is 5.75 Å². The SMILES string of the molecule is CC1CCC(c2cc(F)c(C(F)(F)Oc3cc[c-]cc3)c(F)c2)CC1.[Y+3]. The van der Waals surface area contributed by atoms with Gasteiger partial charge in [-0.1, -0.05) is 19.8 Å². The van der Waals surface area contributed by atoms with Gasteiger partial charge in [-0.2, -0.15) is 27.0 Å². The molecule has 1 nitrogen and oxygen atoms in total. The molecule has 0 aliphatic heterocycles. The van der Waals surface area contributed by atoms with Crippen LogP contribution in [-0.4, -0.2) is 0 Å². The zero-order valence-corrected chi connectivity index (χ0v) is 17.3. The van der Waals surface area contributed by atoms with Crippen molar-refractivity contribution in [3.8, 4) is 5.75 Å². The molecule has 0 N–H and O–H groups in total. The molecule has 0 radical (unpaired) electrons. The molecule has 0 saturated heterocycles. The third-order valence-electron chi connectivity index (χ3n) is 4.78. The first kappa shape index (κ1) is 21.4. The fourth-order valence-electron chi connectivity index (χ4n) is 3.34. The Morgan fingerprint density at radius 1 is 1.00 bits per heavy atom. The number of benzene rings is 2. The van der Waals surface area contributed by atoms with Crippen LogP contribution in [0.3, 0.4) is 0 Å². The molecule has 134 valence electrons. The fourth-order valence-corrected chi connectivity index (χ4v) is 3.34. The van der Waals surface area contributed by atoms with Crippen LogP contribution in [0, 0.1) is 23.6 Å². The largest absolute Gasteiger partial charge is 3.00 e. The Morgan fingerprint density at radius 3 is 2.08 bits per heavy atom. The second kappa shape index (κ2) is 8.83. The van der Waals surface area contributed by atoms with Crippen LogP contribution in [0.25, 0.3) is 0 Å². The van der Waals surface area contributed by atoms with Crippen molar-refractivity contribution in [3.05, 3.63) is 65.2 Å². The van der Waals surface area contributed by atoms with Crippen molar-refractivity contribution in [2.24, 2.45) is 5.92 Å². The summed E-state index contributed by atoms with van der Waals surface area (Å²) in [4.78, 5) is 0. The molecule has 1 saturated carbocycles. The Kier molecular flexibility index (Phi) is 7.26. The molecule has 1 fully saturated rings. The van der Waals surface area contributed by atoms with Crippen LogP contribution in [0.15, 0.2) is 36.4 Å². The van der Waals surface area contributed by atoms with E-state index in [4.69, 9.17) is 0 Å². The van der Waals surface area contributed by atoms with Gasteiger partial charge < -0.3 is 4.74 Å². The molecule has 2 aromatic rings. The van der Waals surface area contributed by atoms with E-state index in [1.165, 1.54) is 24.3 Å². The minimum atomic E-state index is -4.10. The van der Waals surface area contributed by atoms with Crippen molar-refractivity contribution >= 4 is 0 Å². The van der Waals surface area contributed by atoms with Crippen LogP contribution < -0.4 is 4.74 Å². The summed E-state index contributed by atoms with van der Waals surface area (Å²) < 4.78 is 61.7. The van der Waals surface area contributed by atoms with E-state index in [1.54, 1.807) is 0 Å². The number of ether oxygens (including phenoxy) is 1. The van der Waals surface area contributed by atoms with E-state index < -0.39 is 23.3 Å². The Balaban J connectivity index is 0.00000243. The first-order valence-electron chi connectivity index (χ1n) is 8.39. The molecule has 26 heavy (non-hydrogen) atoms. The third-order valence-corrected chi connectivity index (χ3v) is 4.78. The quantitative estimate of drug-likeness (QED) is 0.407. The number of hydrogen-bond donors (Lipinski definition) is 0. The normalized spacial score (nSPS) is 20.3. The molecule has 0 atom stereocenters. The standard InChI is InChI=1S/C20H19F4O.Y/c1-13-7-9-14(10-8-13)15-11-17(21)19(18(22)12-15)20(23,24)25-16-5-3-2-4-6-16;/h3-6,11-14H,7-10H2,1H3;/q-1;+3. The average molecular weight is 440 g/mol. The summed E-state index contributed by atoms with van der Waals surface area (Å²) in [6, 6.07) is 9.96. The zero-order chi connectivity index (χ0) is 18.0. The molecule has 1 aliphatic carbocycles. The number of rotatable bonds is 4. The van der Waals surface area contributed by atoms with Crippen molar-refractivity contribution in [2.45, 2.75) is 44.6 Å². The van der Waals surface area contributed by atoms with E-state index in [0.717, 1.165) is 37.8 Å². The molecule has 1 aliphatic rings. The smallest absolute Gasteiger partial charge is 0.455 e. The summed E-state index contributed by atoms with van der Waals surface area (Å²) in [6.07, 6.45) is -0.533. The molecule has 0 unspecified atom stereocenters. The Hall–Kier alpha value is -0.936. The van der Waals surface area contributed by atoms with Crippen LogP contribution >= 0.6 is 0 Å². The van der Waals surface area contributed by atoms with E-state index in [0.29, 0.717) is 11.5 Å². The number of halogens is 4. The Morgan fingerprint density at radius 2 is 1.54 bits per heavy atom. The van der Waals surface area contributed by atoms with Gasteiger partial charge in [-0.05, 0) is 42.4 Å². The Labute approximate surface area is 176 Å². The molecule has 2 aromatic carbocycles. The van der Waals surface area contributed by atoms with Gasteiger partial charge in [0.2, 0.25) is 0 Å². The summed E-state index contributed by atoms with van der Waals surface area (Å²) in [5.41, 5.74) is -0.913. The van der Waals surface area contributed by atoms with Gasteiger partial charge in [-0.15, -0.1) is 12.1 Å². The van der Waals surface area contributed by atoms with Crippen LogP contribution in [0.5, 0.6) is 5.75 Å². The minimum absolute atomic E-state index is 0. The summed E-state index contributed by atoms with van der Waals surface area (Å²) in [5.74, 6) is -2.14. The molecule has 6 heteroatoms. The molecule has 0 amide bonds. The molecule has 0 spiro atoms. The van der Waals surface area contributed by atoms with Crippen molar-refractivity contribution in [3.63, 3.8) is 0 Å². The van der Waals surface area contributed by atoms with Gasteiger partial charge in [-0.25, -0.2) is 8.78 Å². The second-order valence-electron chi connectivity index (χ2n) is 6.67. The van der Waals surface area contributed by atoms with Gasteiger partial charge in [0.05, 0.1) is 0 Å². The maximum atomic E-state index is 14.3. The molecular formula is C20H19F4OY+2. The van der Waals surface area contributed by atoms with E-state index in [9.17, 15) is 17.6 Å². The van der Waals surface area contributed by atoms with Gasteiger partial charge >= 0.3 is 38.8 Å². The molecular weight excluding hydrogens is 421 g/mol. The first-order valence-corrected chi connectivity index (χ1v) is 8.39. The maximum absolute atomic E-state index is 14.3. The van der Waals surface area contributed by atoms with Crippen molar-refractivity contribution in [2.75, 3.05) is 0 Å².